The highest BCUT2D eigenvalue weighted by atomic mass is 31.2. The monoisotopic (exact) mass is 292 g/mol. The van der Waals surface area contributed by atoms with Crippen molar-refractivity contribution in [3.8, 4) is 16.9 Å². The van der Waals surface area contributed by atoms with E-state index >= 15 is 0 Å². The summed E-state index contributed by atoms with van der Waals surface area (Å²) in [5, 5.41) is 0. The smallest absolute Gasteiger partial charge is 0.404 e. The number of benzene rings is 2. The van der Waals surface area contributed by atoms with E-state index in [2.05, 4.69) is 0 Å². The fourth-order valence-electron chi connectivity index (χ4n) is 2.22. The average Bonchev–Trinajstić information content (AvgIpc) is 2.37. The van der Waals surface area contributed by atoms with Gasteiger partial charge in [-0.25, -0.2) is 4.57 Å². The molecule has 0 saturated carbocycles. The molecular formula is C15H17O4P. The molecule has 0 spiro atoms. The van der Waals surface area contributed by atoms with Gasteiger partial charge in [-0.2, -0.15) is 0 Å². The van der Waals surface area contributed by atoms with E-state index in [1.807, 2.05) is 50.2 Å². The predicted octanol–water partition coefficient (Wildman–Crippen LogP) is 3.95. The van der Waals surface area contributed by atoms with E-state index in [0.29, 0.717) is 0 Å². The summed E-state index contributed by atoms with van der Waals surface area (Å²) < 4.78 is 15.9. The SMILES string of the molecule is CC(C)c1c(OP(=O)(O)O)cccc1-c1ccccc1. The van der Waals surface area contributed by atoms with Gasteiger partial charge in [0.15, 0.2) is 0 Å². The van der Waals surface area contributed by atoms with Crippen LogP contribution < -0.4 is 4.52 Å². The van der Waals surface area contributed by atoms with Gasteiger partial charge in [-0.3, -0.25) is 9.79 Å². The quantitative estimate of drug-likeness (QED) is 0.837. The number of hydrogen-bond acceptors (Lipinski definition) is 2. The number of rotatable bonds is 4. The zero-order chi connectivity index (χ0) is 14.8. The second kappa shape index (κ2) is 5.80. The lowest BCUT2D eigenvalue weighted by Gasteiger charge is -2.18. The summed E-state index contributed by atoms with van der Waals surface area (Å²) in [7, 11) is -4.57. The molecule has 2 N–H and O–H groups in total. The number of phosphoric acid groups is 1. The summed E-state index contributed by atoms with van der Waals surface area (Å²) >= 11 is 0. The van der Waals surface area contributed by atoms with Crippen LogP contribution >= 0.6 is 7.82 Å². The van der Waals surface area contributed by atoms with Crippen LogP contribution in [-0.2, 0) is 4.57 Å². The van der Waals surface area contributed by atoms with E-state index in [1.165, 1.54) is 0 Å². The van der Waals surface area contributed by atoms with Crippen molar-refractivity contribution in [2.75, 3.05) is 0 Å². The Kier molecular flexibility index (Phi) is 4.29. The highest BCUT2D eigenvalue weighted by Gasteiger charge is 2.21. The van der Waals surface area contributed by atoms with Gasteiger partial charge in [0.2, 0.25) is 0 Å². The zero-order valence-electron chi connectivity index (χ0n) is 11.4. The standard InChI is InChI=1S/C15H17O4P/c1-11(2)15-13(12-7-4-3-5-8-12)9-6-10-14(15)19-20(16,17)18/h3-11H,1-2H3,(H2,16,17,18). The van der Waals surface area contributed by atoms with Crippen molar-refractivity contribution in [3.05, 3.63) is 54.1 Å². The maximum absolute atomic E-state index is 11.1. The summed E-state index contributed by atoms with van der Waals surface area (Å²) in [6.45, 7) is 3.93. The van der Waals surface area contributed by atoms with Gasteiger partial charge in [0.05, 0.1) is 0 Å². The lowest BCUT2D eigenvalue weighted by Crippen LogP contribution is -1.99. The molecule has 4 nitrogen and oxygen atoms in total. The third kappa shape index (κ3) is 3.48. The second-order valence-corrected chi connectivity index (χ2v) is 5.98. The third-order valence-electron chi connectivity index (χ3n) is 2.95. The van der Waals surface area contributed by atoms with Crippen LogP contribution in [0.4, 0.5) is 0 Å². The van der Waals surface area contributed by atoms with Crippen molar-refractivity contribution >= 4 is 7.82 Å². The normalized spacial score (nSPS) is 11.7. The zero-order valence-corrected chi connectivity index (χ0v) is 12.2. The fourth-order valence-corrected chi connectivity index (χ4v) is 2.63. The Morgan fingerprint density at radius 2 is 1.65 bits per heavy atom. The summed E-state index contributed by atoms with van der Waals surface area (Å²) in [5.74, 6) is 0.308. The first-order valence-electron chi connectivity index (χ1n) is 6.32. The molecule has 0 aliphatic rings. The maximum Gasteiger partial charge on any atom is 0.524 e. The Hall–Kier alpha value is -1.61. The van der Waals surface area contributed by atoms with Crippen LogP contribution in [0.5, 0.6) is 5.75 Å². The minimum Gasteiger partial charge on any atom is -0.404 e. The molecule has 0 aliphatic heterocycles. The van der Waals surface area contributed by atoms with Crippen molar-refractivity contribution in [1.29, 1.82) is 0 Å². The molecule has 0 atom stereocenters. The fraction of sp³-hybridized carbons (Fsp3) is 0.200. The third-order valence-corrected chi connectivity index (χ3v) is 3.38. The highest BCUT2D eigenvalue weighted by Crippen LogP contribution is 2.44. The molecule has 0 bridgehead atoms. The van der Waals surface area contributed by atoms with Gasteiger partial charge in [-0.1, -0.05) is 56.3 Å². The van der Waals surface area contributed by atoms with Crippen molar-refractivity contribution in [2.24, 2.45) is 0 Å². The molecule has 0 aliphatic carbocycles. The van der Waals surface area contributed by atoms with Gasteiger partial charge in [-0.15, -0.1) is 0 Å². The van der Waals surface area contributed by atoms with Gasteiger partial charge in [0, 0.05) is 5.56 Å². The maximum atomic E-state index is 11.1. The lowest BCUT2D eigenvalue weighted by molar-refractivity contribution is 0.282. The average molecular weight is 292 g/mol. The van der Waals surface area contributed by atoms with Crippen LogP contribution in [0, 0.1) is 0 Å². The molecule has 0 amide bonds. The Morgan fingerprint density at radius 1 is 1.00 bits per heavy atom. The molecular weight excluding hydrogens is 275 g/mol. The molecule has 0 unspecified atom stereocenters. The van der Waals surface area contributed by atoms with Crippen LogP contribution in [0.3, 0.4) is 0 Å². The van der Waals surface area contributed by atoms with Crippen molar-refractivity contribution in [2.45, 2.75) is 19.8 Å². The van der Waals surface area contributed by atoms with Crippen LogP contribution in [0.2, 0.25) is 0 Å². The Morgan fingerprint density at radius 3 is 2.20 bits per heavy atom. The molecule has 0 radical (unpaired) electrons. The van der Waals surface area contributed by atoms with Crippen molar-refractivity contribution < 1.29 is 18.9 Å². The second-order valence-electron chi connectivity index (χ2n) is 4.82. The van der Waals surface area contributed by atoms with E-state index in [1.54, 1.807) is 12.1 Å². The van der Waals surface area contributed by atoms with Gasteiger partial charge in [-0.05, 0) is 23.1 Å². The predicted molar refractivity (Wildman–Crippen MR) is 78.6 cm³/mol. The highest BCUT2D eigenvalue weighted by molar-refractivity contribution is 7.46. The van der Waals surface area contributed by atoms with Gasteiger partial charge in [0.25, 0.3) is 0 Å². The first-order chi connectivity index (χ1) is 9.38. The van der Waals surface area contributed by atoms with Crippen LogP contribution in [0.25, 0.3) is 11.1 Å². The molecule has 2 aromatic rings. The molecule has 5 heteroatoms. The van der Waals surface area contributed by atoms with E-state index < -0.39 is 7.82 Å². The van der Waals surface area contributed by atoms with Gasteiger partial charge < -0.3 is 4.52 Å². The van der Waals surface area contributed by atoms with Crippen LogP contribution in [0.15, 0.2) is 48.5 Å². The van der Waals surface area contributed by atoms with Gasteiger partial charge in [0.1, 0.15) is 5.75 Å². The molecule has 0 saturated heterocycles. The first kappa shape index (κ1) is 14.8. The van der Waals surface area contributed by atoms with Gasteiger partial charge >= 0.3 is 7.82 Å². The molecule has 2 rings (SSSR count). The first-order valence-corrected chi connectivity index (χ1v) is 7.85. The molecule has 0 fully saturated rings. The van der Waals surface area contributed by atoms with E-state index in [0.717, 1.165) is 16.7 Å². The Bertz CT molecular complexity index is 632. The van der Waals surface area contributed by atoms with Crippen LogP contribution in [0.1, 0.15) is 25.3 Å². The summed E-state index contributed by atoms with van der Waals surface area (Å²) in [6, 6.07) is 14.9. The van der Waals surface area contributed by atoms with E-state index in [-0.39, 0.29) is 11.7 Å². The largest absolute Gasteiger partial charge is 0.524 e. The minimum atomic E-state index is -4.57. The summed E-state index contributed by atoms with van der Waals surface area (Å²) in [5.41, 5.74) is 2.71. The van der Waals surface area contributed by atoms with Crippen molar-refractivity contribution in [1.82, 2.24) is 0 Å². The van der Waals surface area contributed by atoms with E-state index in [4.69, 9.17) is 14.3 Å². The Labute approximate surface area is 118 Å². The number of phosphoric ester groups is 1. The van der Waals surface area contributed by atoms with E-state index in [9.17, 15) is 4.57 Å². The Balaban J connectivity index is 2.59. The molecule has 0 aromatic heterocycles. The topological polar surface area (TPSA) is 66.8 Å². The summed E-state index contributed by atoms with van der Waals surface area (Å²) in [4.78, 5) is 18.1. The molecule has 0 heterocycles. The molecule has 106 valence electrons. The molecule has 2 aromatic carbocycles. The minimum absolute atomic E-state index is 0.0768. The lowest BCUT2D eigenvalue weighted by atomic mass is 9.92. The number of hydrogen-bond donors (Lipinski definition) is 2. The van der Waals surface area contributed by atoms with Crippen LogP contribution in [-0.4, -0.2) is 9.79 Å². The summed E-state index contributed by atoms with van der Waals surface area (Å²) in [6.07, 6.45) is 0. The molecule has 20 heavy (non-hydrogen) atoms. The van der Waals surface area contributed by atoms with Crippen molar-refractivity contribution in [3.63, 3.8) is 0 Å².